The number of anilines is 3. The Labute approximate surface area is 166 Å². The summed E-state index contributed by atoms with van der Waals surface area (Å²) in [5.41, 5.74) is 1.99. The number of hydrogen-bond acceptors (Lipinski definition) is 7. The van der Waals surface area contributed by atoms with Crippen LogP contribution in [0.3, 0.4) is 0 Å². The first-order valence-electron chi connectivity index (χ1n) is 9.05. The van der Waals surface area contributed by atoms with Crippen molar-refractivity contribution < 1.29 is 9.59 Å². The molecule has 2 amide bonds. The molecule has 2 aromatic rings. The Morgan fingerprint density at radius 3 is 2.52 bits per heavy atom. The van der Waals surface area contributed by atoms with E-state index in [4.69, 9.17) is 0 Å². The lowest BCUT2D eigenvalue weighted by Crippen LogP contribution is -2.29. The summed E-state index contributed by atoms with van der Waals surface area (Å²) in [6.45, 7) is 3.98. The molecule has 0 spiro atoms. The number of benzene rings is 1. The molecule has 2 N–H and O–H groups in total. The molecule has 1 fully saturated rings. The average Bonchev–Trinajstić information content (AvgIpc) is 3.15. The maximum absolute atomic E-state index is 12.1. The number of carbonyl (C=O) groups is 2. The number of aromatic nitrogens is 2. The summed E-state index contributed by atoms with van der Waals surface area (Å²) >= 11 is 2.57. The fourth-order valence-electron chi connectivity index (χ4n) is 2.76. The van der Waals surface area contributed by atoms with Crippen LogP contribution in [0.5, 0.6) is 0 Å². The first-order chi connectivity index (χ1) is 13.1. The SMILES string of the molecule is CCC(=O)Nc1nnc(SCC(=O)Nc2ccc(N3CCCCC3)cc2)s1. The normalized spacial score (nSPS) is 14.0. The van der Waals surface area contributed by atoms with E-state index in [-0.39, 0.29) is 17.6 Å². The first-order valence-corrected chi connectivity index (χ1v) is 10.9. The van der Waals surface area contributed by atoms with Crippen LogP contribution in [0.2, 0.25) is 0 Å². The molecule has 27 heavy (non-hydrogen) atoms. The van der Waals surface area contributed by atoms with Gasteiger partial charge in [0.15, 0.2) is 4.34 Å². The topological polar surface area (TPSA) is 87.2 Å². The van der Waals surface area contributed by atoms with E-state index in [1.807, 2.05) is 12.1 Å². The Bertz CT molecular complexity index is 772. The molecule has 0 unspecified atom stereocenters. The van der Waals surface area contributed by atoms with Crippen molar-refractivity contribution in [2.24, 2.45) is 0 Å². The molecule has 0 bridgehead atoms. The van der Waals surface area contributed by atoms with E-state index in [9.17, 15) is 9.59 Å². The van der Waals surface area contributed by atoms with Crippen LogP contribution in [0.4, 0.5) is 16.5 Å². The number of rotatable bonds is 7. The van der Waals surface area contributed by atoms with E-state index < -0.39 is 0 Å². The highest BCUT2D eigenvalue weighted by atomic mass is 32.2. The van der Waals surface area contributed by atoms with Crippen molar-refractivity contribution in [3.8, 4) is 0 Å². The van der Waals surface area contributed by atoms with Gasteiger partial charge in [-0.1, -0.05) is 30.0 Å². The monoisotopic (exact) mass is 405 g/mol. The van der Waals surface area contributed by atoms with Gasteiger partial charge in [-0.05, 0) is 43.5 Å². The molecular weight excluding hydrogens is 382 g/mol. The van der Waals surface area contributed by atoms with Crippen molar-refractivity contribution in [1.29, 1.82) is 0 Å². The van der Waals surface area contributed by atoms with Gasteiger partial charge in [0.05, 0.1) is 5.75 Å². The van der Waals surface area contributed by atoms with E-state index in [1.54, 1.807) is 6.92 Å². The van der Waals surface area contributed by atoms with Crippen molar-refractivity contribution in [3.63, 3.8) is 0 Å². The van der Waals surface area contributed by atoms with E-state index in [1.165, 1.54) is 48.0 Å². The van der Waals surface area contributed by atoms with Gasteiger partial charge in [-0.15, -0.1) is 10.2 Å². The Morgan fingerprint density at radius 2 is 1.81 bits per heavy atom. The minimum absolute atomic E-state index is 0.0972. The lowest BCUT2D eigenvalue weighted by atomic mass is 10.1. The maximum atomic E-state index is 12.1. The molecule has 1 aliphatic rings. The van der Waals surface area contributed by atoms with Crippen LogP contribution in [0.15, 0.2) is 28.6 Å². The number of carbonyl (C=O) groups excluding carboxylic acids is 2. The van der Waals surface area contributed by atoms with Gasteiger partial charge in [-0.2, -0.15) is 0 Å². The van der Waals surface area contributed by atoms with Gasteiger partial charge in [-0.25, -0.2) is 0 Å². The molecule has 0 aliphatic carbocycles. The van der Waals surface area contributed by atoms with Gasteiger partial charge in [0.25, 0.3) is 0 Å². The van der Waals surface area contributed by atoms with E-state index >= 15 is 0 Å². The molecule has 0 saturated carbocycles. The molecular formula is C18H23N5O2S2. The fraction of sp³-hybridized carbons (Fsp3) is 0.444. The van der Waals surface area contributed by atoms with Crippen LogP contribution in [0, 0.1) is 0 Å². The van der Waals surface area contributed by atoms with E-state index in [2.05, 4.69) is 37.9 Å². The summed E-state index contributed by atoms with van der Waals surface area (Å²) < 4.78 is 0.650. The highest BCUT2D eigenvalue weighted by molar-refractivity contribution is 8.01. The molecule has 1 saturated heterocycles. The summed E-state index contributed by atoms with van der Waals surface area (Å²) in [5, 5.41) is 13.9. The van der Waals surface area contributed by atoms with E-state index in [0.29, 0.717) is 15.9 Å². The standard InChI is InChI=1S/C18H23N5O2S2/c1-2-15(24)20-17-21-22-18(27-17)26-12-16(25)19-13-6-8-14(9-7-13)23-10-4-3-5-11-23/h6-9H,2-5,10-12H2,1H3,(H,19,25)(H,20,21,24). The molecule has 2 heterocycles. The predicted molar refractivity (Wildman–Crippen MR) is 111 cm³/mol. The maximum Gasteiger partial charge on any atom is 0.234 e. The van der Waals surface area contributed by atoms with Gasteiger partial charge in [-0.3, -0.25) is 9.59 Å². The summed E-state index contributed by atoms with van der Waals surface area (Å²) in [6, 6.07) is 7.99. The van der Waals surface area contributed by atoms with Gasteiger partial charge in [0.2, 0.25) is 16.9 Å². The molecule has 3 rings (SSSR count). The van der Waals surface area contributed by atoms with Crippen LogP contribution in [-0.2, 0) is 9.59 Å². The molecule has 144 valence electrons. The Morgan fingerprint density at radius 1 is 1.07 bits per heavy atom. The van der Waals surface area contributed by atoms with Gasteiger partial charge in [0, 0.05) is 30.9 Å². The smallest absolute Gasteiger partial charge is 0.234 e. The zero-order chi connectivity index (χ0) is 19.1. The Kier molecular flexibility index (Phi) is 7.05. The number of nitrogens with one attached hydrogen (secondary N) is 2. The highest BCUT2D eigenvalue weighted by Crippen LogP contribution is 2.26. The highest BCUT2D eigenvalue weighted by Gasteiger charge is 2.12. The summed E-state index contributed by atoms with van der Waals surface area (Å²) in [5.74, 6) is 0.0399. The Balaban J connectivity index is 1.45. The van der Waals surface area contributed by atoms with Crippen molar-refractivity contribution in [1.82, 2.24) is 10.2 Å². The number of amides is 2. The quantitative estimate of drug-likeness (QED) is 0.540. The largest absolute Gasteiger partial charge is 0.372 e. The van der Waals surface area contributed by atoms with Crippen molar-refractivity contribution in [3.05, 3.63) is 24.3 Å². The summed E-state index contributed by atoms with van der Waals surface area (Å²) in [4.78, 5) is 25.9. The second kappa shape index (κ2) is 9.70. The molecule has 1 aromatic heterocycles. The minimum Gasteiger partial charge on any atom is -0.372 e. The zero-order valence-corrected chi connectivity index (χ0v) is 16.9. The number of nitrogens with zero attached hydrogens (tertiary/aromatic N) is 3. The minimum atomic E-state index is -0.103. The van der Waals surface area contributed by atoms with Crippen LogP contribution in [-0.4, -0.2) is 40.9 Å². The predicted octanol–water partition coefficient (Wildman–Crippen LogP) is 3.61. The molecule has 1 aliphatic heterocycles. The van der Waals surface area contributed by atoms with Crippen molar-refractivity contribution in [2.75, 3.05) is 34.4 Å². The van der Waals surface area contributed by atoms with Crippen molar-refractivity contribution >= 4 is 51.4 Å². The van der Waals surface area contributed by atoms with Gasteiger partial charge >= 0.3 is 0 Å². The molecule has 9 heteroatoms. The first kappa shape index (κ1) is 19.6. The zero-order valence-electron chi connectivity index (χ0n) is 15.2. The summed E-state index contributed by atoms with van der Waals surface area (Å²) in [6.07, 6.45) is 4.18. The third-order valence-electron chi connectivity index (χ3n) is 4.17. The van der Waals surface area contributed by atoms with Crippen LogP contribution in [0.25, 0.3) is 0 Å². The molecule has 7 nitrogen and oxygen atoms in total. The average molecular weight is 406 g/mol. The number of hydrogen-bond donors (Lipinski definition) is 2. The van der Waals surface area contributed by atoms with Crippen LogP contribution >= 0.6 is 23.1 Å². The second-order valence-corrected chi connectivity index (χ2v) is 8.41. The second-order valence-electron chi connectivity index (χ2n) is 6.21. The Hall–Kier alpha value is -2.13. The van der Waals surface area contributed by atoms with Gasteiger partial charge in [0.1, 0.15) is 0 Å². The molecule has 1 aromatic carbocycles. The fourth-order valence-corrected chi connectivity index (χ4v) is 4.33. The lowest BCUT2D eigenvalue weighted by Gasteiger charge is -2.28. The molecule has 0 radical (unpaired) electrons. The molecule has 0 atom stereocenters. The van der Waals surface area contributed by atoms with Crippen LogP contribution in [0.1, 0.15) is 32.6 Å². The third-order valence-corrected chi connectivity index (χ3v) is 6.14. The lowest BCUT2D eigenvalue weighted by molar-refractivity contribution is -0.116. The third kappa shape index (κ3) is 5.93. The van der Waals surface area contributed by atoms with E-state index in [0.717, 1.165) is 18.8 Å². The van der Waals surface area contributed by atoms with Crippen LogP contribution < -0.4 is 15.5 Å². The summed E-state index contributed by atoms with van der Waals surface area (Å²) in [7, 11) is 0. The van der Waals surface area contributed by atoms with Gasteiger partial charge < -0.3 is 15.5 Å². The number of piperidine rings is 1. The van der Waals surface area contributed by atoms with Crippen molar-refractivity contribution in [2.45, 2.75) is 36.9 Å². The number of thioether (sulfide) groups is 1.